The molecule has 2 aromatic heterocycles. The third kappa shape index (κ3) is 3.54. The van der Waals surface area contributed by atoms with Gasteiger partial charge in [-0.15, -0.1) is 11.3 Å². The van der Waals surface area contributed by atoms with Gasteiger partial charge in [-0.25, -0.2) is 9.78 Å². The number of carboxylic acid groups (broad SMARTS) is 1. The third-order valence-corrected chi connectivity index (χ3v) is 5.24. The van der Waals surface area contributed by atoms with E-state index in [1.165, 1.54) is 13.4 Å². The number of nitrogens with one attached hydrogen (secondary N) is 1. The fourth-order valence-corrected chi connectivity index (χ4v) is 3.72. The summed E-state index contributed by atoms with van der Waals surface area (Å²) >= 11 is 0.942. The highest BCUT2D eigenvalue weighted by Gasteiger charge is 2.19. The summed E-state index contributed by atoms with van der Waals surface area (Å²) in [6, 6.07) is 5.37. The van der Waals surface area contributed by atoms with Gasteiger partial charge in [0.1, 0.15) is 22.0 Å². The minimum atomic E-state index is -1.11. The van der Waals surface area contributed by atoms with E-state index in [4.69, 9.17) is 4.74 Å². The first-order chi connectivity index (χ1) is 12.8. The molecular formula is C18H17N3O5S. The summed E-state index contributed by atoms with van der Waals surface area (Å²) in [5.41, 5.74) is 1.36. The summed E-state index contributed by atoms with van der Waals surface area (Å²) in [6.45, 7) is 3.20. The molecular weight excluding hydrogens is 370 g/mol. The molecule has 2 N–H and O–H groups in total. The number of hydrogen-bond donors (Lipinski definition) is 2. The highest BCUT2D eigenvalue weighted by Crippen LogP contribution is 2.27. The number of benzene rings is 1. The van der Waals surface area contributed by atoms with Gasteiger partial charge >= 0.3 is 5.97 Å². The lowest BCUT2D eigenvalue weighted by Crippen LogP contribution is -2.28. The van der Waals surface area contributed by atoms with Gasteiger partial charge in [0.05, 0.1) is 24.5 Å². The Bertz CT molecular complexity index is 1120. The largest absolute Gasteiger partial charge is 0.495 e. The molecule has 0 aliphatic carbocycles. The fraction of sp³-hybridized carbons (Fsp3) is 0.222. The van der Waals surface area contributed by atoms with Crippen LogP contribution < -0.4 is 15.6 Å². The molecule has 0 saturated heterocycles. The molecule has 0 aliphatic heterocycles. The molecule has 9 heteroatoms. The number of amides is 1. The van der Waals surface area contributed by atoms with Gasteiger partial charge in [-0.05, 0) is 37.1 Å². The van der Waals surface area contributed by atoms with Gasteiger partial charge in [-0.2, -0.15) is 0 Å². The molecule has 0 atom stereocenters. The SMILES string of the molecule is COc1ccc(C)cc1NC(=O)Cn1cnc2sc(C(=O)O)c(C)c2c1=O. The minimum Gasteiger partial charge on any atom is -0.495 e. The van der Waals surface area contributed by atoms with E-state index in [1.54, 1.807) is 19.1 Å². The van der Waals surface area contributed by atoms with E-state index in [0.717, 1.165) is 21.5 Å². The first kappa shape index (κ1) is 18.6. The number of carbonyl (C=O) groups excluding carboxylic acids is 1. The molecule has 0 fully saturated rings. The summed E-state index contributed by atoms with van der Waals surface area (Å²) in [4.78, 5) is 40.9. The van der Waals surface area contributed by atoms with E-state index in [0.29, 0.717) is 21.8 Å². The van der Waals surface area contributed by atoms with Gasteiger partial charge in [-0.1, -0.05) is 6.07 Å². The molecule has 140 valence electrons. The molecule has 0 spiro atoms. The van der Waals surface area contributed by atoms with E-state index in [9.17, 15) is 19.5 Å². The smallest absolute Gasteiger partial charge is 0.346 e. The van der Waals surface area contributed by atoms with Crippen LogP contribution in [0.5, 0.6) is 5.75 Å². The fourth-order valence-electron chi connectivity index (χ4n) is 2.74. The van der Waals surface area contributed by atoms with Crippen LogP contribution in [-0.4, -0.2) is 33.6 Å². The maximum atomic E-state index is 12.7. The van der Waals surface area contributed by atoms with Crippen molar-refractivity contribution in [1.29, 1.82) is 0 Å². The highest BCUT2D eigenvalue weighted by atomic mass is 32.1. The van der Waals surface area contributed by atoms with Crippen molar-refractivity contribution in [2.75, 3.05) is 12.4 Å². The molecule has 8 nitrogen and oxygen atoms in total. The Hall–Kier alpha value is -3.20. The van der Waals surface area contributed by atoms with Gasteiger partial charge < -0.3 is 15.2 Å². The monoisotopic (exact) mass is 387 g/mol. The Morgan fingerprint density at radius 1 is 1.33 bits per heavy atom. The van der Waals surface area contributed by atoms with Gasteiger partial charge in [-0.3, -0.25) is 14.2 Å². The highest BCUT2D eigenvalue weighted by molar-refractivity contribution is 7.20. The van der Waals surface area contributed by atoms with Crippen LogP contribution in [0.25, 0.3) is 10.2 Å². The predicted octanol–water partition coefficient (Wildman–Crippen LogP) is 2.42. The number of fused-ring (bicyclic) bond motifs is 1. The first-order valence-corrected chi connectivity index (χ1v) is 8.79. The molecule has 0 radical (unpaired) electrons. The summed E-state index contributed by atoms with van der Waals surface area (Å²) in [7, 11) is 1.50. The van der Waals surface area contributed by atoms with Crippen molar-refractivity contribution in [3.05, 3.63) is 50.9 Å². The van der Waals surface area contributed by atoms with Crippen LogP contribution in [0, 0.1) is 13.8 Å². The van der Waals surface area contributed by atoms with Crippen molar-refractivity contribution >= 4 is 39.1 Å². The number of rotatable bonds is 5. The van der Waals surface area contributed by atoms with Crippen LogP contribution in [0.3, 0.4) is 0 Å². The molecule has 27 heavy (non-hydrogen) atoms. The van der Waals surface area contributed by atoms with Crippen molar-refractivity contribution in [2.24, 2.45) is 0 Å². The van der Waals surface area contributed by atoms with Gasteiger partial charge in [0.25, 0.3) is 5.56 Å². The second-order valence-corrected chi connectivity index (χ2v) is 6.97. The number of carboxylic acids is 1. The Labute approximate surface area is 158 Å². The number of aryl methyl sites for hydroxylation is 2. The number of nitrogens with zero attached hydrogens (tertiary/aromatic N) is 2. The van der Waals surface area contributed by atoms with Crippen LogP contribution in [0.4, 0.5) is 5.69 Å². The normalized spacial score (nSPS) is 10.8. The zero-order valence-corrected chi connectivity index (χ0v) is 15.7. The van der Waals surface area contributed by atoms with Gasteiger partial charge in [0.15, 0.2) is 0 Å². The van der Waals surface area contributed by atoms with Crippen LogP contribution in [0.2, 0.25) is 0 Å². The average Bonchev–Trinajstić information content (AvgIpc) is 2.95. The van der Waals surface area contributed by atoms with Crippen molar-refractivity contribution in [1.82, 2.24) is 9.55 Å². The molecule has 1 aromatic carbocycles. The van der Waals surface area contributed by atoms with Crippen molar-refractivity contribution < 1.29 is 19.4 Å². The molecule has 3 rings (SSSR count). The van der Waals surface area contributed by atoms with Crippen LogP contribution in [-0.2, 0) is 11.3 Å². The van der Waals surface area contributed by atoms with Crippen LogP contribution in [0.1, 0.15) is 20.8 Å². The number of carbonyl (C=O) groups is 2. The Kier molecular flexibility index (Phi) is 4.95. The number of aromatic carboxylic acids is 1. The average molecular weight is 387 g/mol. The standard InChI is InChI=1S/C18H17N3O5S/c1-9-4-5-12(26-3)11(6-9)20-13(22)7-21-8-19-16-14(17(21)23)10(2)15(27-16)18(24)25/h4-6,8H,7H2,1-3H3,(H,20,22)(H,24,25). The zero-order chi connectivity index (χ0) is 19.7. The maximum absolute atomic E-state index is 12.7. The summed E-state index contributed by atoms with van der Waals surface area (Å²) < 4.78 is 6.38. The van der Waals surface area contributed by atoms with Crippen molar-refractivity contribution in [2.45, 2.75) is 20.4 Å². The lowest BCUT2D eigenvalue weighted by Gasteiger charge is -2.11. The molecule has 2 heterocycles. The van der Waals surface area contributed by atoms with Gasteiger partial charge in [0.2, 0.25) is 5.91 Å². The van der Waals surface area contributed by atoms with E-state index >= 15 is 0 Å². The van der Waals surface area contributed by atoms with Crippen molar-refractivity contribution in [3.63, 3.8) is 0 Å². The molecule has 3 aromatic rings. The van der Waals surface area contributed by atoms with E-state index in [1.807, 2.05) is 13.0 Å². The summed E-state index contributed by atoms with van der Waals surface area (Å²) in [5, 5.41) is 12.2. The number of ether oxygens (including phenoxy) is 1. The molecule has 1 amide bonds. The van der Waals surface area contributed by atoms with Gasteiger partial charge in [0, 0.05) is 0 Å². The second kappa shape index (κ2) is 7.20. The molecule has 0 aliphatic rings. The Morgan fingerprint density at radius 3 is 2.74 bits per heavy atom. The lowest BCUT2D eigenvalue weighted by atomic mass is 10.2. The molecule has 0 saturated carbocycles. The number of anilines is 1. The first-order valence-electron chi connectivity index (χ1n) is 7.98. The van der Waals surface area contributed by atoms with Crippen LogP contribution >= 0.6 is 11.3 Å². The topological polar surface area (TPSA) is 111 Å². The Balaban J connectivity index is 1.91. The summed E-state index contributed by atoms with van der Waals surface area (Å²) in [6.07, 6.45) is 1.25. The van der Waals surface area contributed by atoms with E-state index in [-0.39, 0.29) is 16.8 Å². The quantitative estimate of drug-likeness (QED) is 0.696. The predicted molar refractivity (Wildman–Crippen MR) is 102 cm³/mol. The summed E-state index contributed by atoms with van der Waals surface area (Å²) in [5.74, 6) is -1.02. The second-order valence-electron chi connectivity index (χ2n) is 5.97. The number of thiophene rings is 1. The number of hydrogen-bond acceptors (Lipinski definition) is 6. The van der Waals surface area contributed by atoms with E-state index < -0.39 is 17.4 Å². The number of aromatic nitrogens is 2. The molecule has 0 bridgehead atoms. The zero-order valence-electron chi connectivity index (χ0n) is 14.9. The van der Waals surface area contributed by atoms with Crippen LogP contribution in [0.15, 0.2) is 29.3 Å². The third-order valence-electron chi connectivity index (χ3n) is 4.05. The Morgan fingerprint density at radius 2 is 2.07 bits per heavy atom. The lowest BCUT2D eigenvalue weighted by molar-refractivity contribution is -0.116. The minimum absolute atomic E-state index is 0.0706. The van der Waals surface area contributed by atoms with E-state index in [2.05, 4.69) is 10.3 Å². The number of methoxy groups -OCH3 is 1. The maximum Gasteiger partial charge on any atom is 0.346 e. The molecule has 0 unspecified atom stereocenters. The van der Waals surface area contributed by atoms with Crippen molar-refractivity contribution in [3.8, 4) is 5.75 Å².